The summed E-state index contributed by atoms with van der Waals surface area (Å²) in [6, 6.07) is 6.67. The number of nitrogens with one attached hydrogen (secondary N) is 2. The van der Waals surface area contributed by atoms with Gasteiger partial charge < -0.3 is 16.4 Å². The Balaban J connectivity index is 1.87. The standard InChI is InChI=1S/C15H12F2N6/c16-9-1-2-12(11(17)7-9)23-15-13(18)14(20-8-21-15)22-10-3-5-19-6-4-10/h1-8H,18H2,(H2,19,20,21,22,23). The maximum absolute atomic E-state index is 13.7. The minimum atomic E-state index is -0.744. The largest absolute Gasteiger partial charge is 0.393 e. The number of nitrogens with zero attached hydrogens (tertiary/aromatic N) is 3. The summed E-state index contributed by atoms with van der Waals surface area (Å²) < 4.78 is 26.6. The molecule has 0 aliphatic carbocycles. The molecule has 0 radical (unpaired) electrons. The molecular weight excluding hydrogens is 302 g/mol. The second kappa shape index (κ2) is 6.22. The van der Waals surface area contributed by atoms with Crippen LogP contribution in [0.1, 0.15) is 0 Å². The van der Waals surface area contributed by atoms with Crippen LogP contribution in [0.4, 0.5) is 37.5 Å². The van der Waals surface area contributed by atoms with Gasteiger partial charge in [0, 0.05) is 24.1 Å². The Kier molecular flexibility index (Phi) is 3.96. The van der Waals surface area contributed by atoms with Crippen molar-refractivity contribution in [3.8, 4) is 0 Å². The molecule has 0 aliphatic rings. The van der Waals surface area contributed by atoms with Crippen molar-refractivity contribution >= 4 is 28.7 Å². The normalized spacial score (nSPS) is 10.3. The zero-order valence-electron chi connectivity index (χ0n) is 11.8. The Labute approximate surface area is 130 Å². The highest BCUT2D eigenvalue weighted by molar-refractivity contribution is 5.80. The van der Waals surface area contributed by atoms with Gasteiger partial charge in [-0.25, -0.2) is 18.7 Å². The summed E-state index contributed by atoms with van der Waals surface area (Å²) in [5.74, 6) is -0.839. The van der Waals surface area contributed by atoms with Crippen LogP contribution in [0.3, 0.4) is 0 Å². The van der Waals surface area contributed by atoms with E-state index in [4.69, 9.17) is 5.73 Å². The number of rotatable bonds is 4. The van der Waals surface area contributed by atoms with Gasteiger partial charge in [-0.2, -0.15) is 0 Å². The number of aromatic nitrogens is 3. The zero-order valence-corrected chi connectivity index (χ0v) is 11.8. The van der Waals surface area contributed by atoms with E-state index >= 15 is 0 Å². The maximum Gasteiger partial charge on any atom is 0.159 e. The Morgan fingerprint density at radius 3 is 2.30 bits per heavy atom. The molecule has 0 aliphatic heterocycles. The highest BCUT2D eigenvalue weighted by atomic mass is 19.1. The van der Waals surface area contributed by atoms with E-state index in [9.17, 15) is 8.78 Å². The fourth-order valence-corrected chi connectivity index (χ4v) is 1.89. The lowest BCUT2D eigenvalue weighted by molar-refractivity contribution is 0.586. The summed E-state index contributed by atoms with van der Waals surface area (Å²) >= 11 is 0. The molecule has 1 aromatic carbocycles. The molecular formula is C15H12F2N6. The van der Waals surface area contributed by atoms with E-state index < -0.39 is 11.6 Å². The molecule has 2 heterocycles. The summed E-state index contributed by atoms with van der Waals surface area (Å²) in [6.07, 6.45) is 4.52. The van der Waals surface area contributed by atoms with Gasteiger partial charge in [0.2, 0.25) is 0 Å². The van der Waals surface area contributed by atoms with Crippen LogP contribution in [-0.2, 0) is 0 Å². The van der Waals surface area contributed by atoms with Crippen molar-refractivity contribution in [2.45, 2.75) is 0 Å². The van der Waals surface area contributed by atoms with E-state index in [0.29, 0.717) is 5.82 Å². The number of hydrogen-bond donors (Lipinski definition) is 3. The Hall–Kier alpha value is -3.29. The molecule has 8 heteroatoms. The topological polar surface area (TPSA) is 88.8 Å². The Bertz CT molecular complexity index is 825. The van der Waals surface area contributed by atoms with Crippen molar-refractivity contribution in [3.05, 3.63) is 60.7 Å². The van der Waals surface area contributed by atoms with Crippen LogP contribution in [0, 0.1) is 11.6 Å². The van der Waals surface area contributed by atoms with Gasteiger partial charge in [-0.05, 0) is 24.3 Å². The first-order valence-electron chi connectivity index (χ1n) is 6.63. The lowest BCUT2D eigenvalue weighted by Crippen LogP contribution is -2.06. The summed E-state index contributed by atoms with van der Waals surface area (Å²) in [6.45, 7) is 0. The number of nitrogen functional groups attached to an aromatic ring is 1. The molecule has 0 atom stereocenters. The molecule has 0 amide bonds. The minimum absolute atomic E-state index is 0.0617. The van der Waals surface area contributed by atoms with Crippen LogP contribution >= 0.6 is 0 Å². The van der Waals surface area contributed by atoms with Crippen LogP contribution in [0.5, 0.6) is 0 Å². The molecule has 0 spiro atoms. The van der Waals surface area contributed by atoms with E-state index in [2.05, 4.69) is 25.6 Å². The van der Waals surface area contributed by atoms with Gasteiger partial charge in [0.05, 0.1) is 5.69 Å². The summed E-state index contributed by atoms with van der Waals surface area (Å²) in [5, 5.41) is 5.74. The predicted molar refractivity (Wildman–Crippen MR) is 83.6 cm³/mol. The fraction of sp³-hybridized carbons (Fsp3) is 0. The van der Waals surface area contributed by atoms with Gasteiger partial charge in [0.15, 0.2) is 11.6 Å². The smallest absolute Gasteiger partial charge is 0.159 e. The van der Waals surface area contributed by atoms with Crippen LogP contribution in [0.15, 0.2) is 49.1 Å². The number of hydrogen-bond acceptors (Lipinski definition) is 6. The molecule has 0 unspecified atom stereocenters. The number of nitrogens with two attached hydrogens (primary N) is 1. The van der Waals surface area contributed by atoms with Crippen molar-refractivity contribution in [2.75, 3.05) is 16.4 Å². The van der Waals surface area contributed by atoms with Crippen LogP contribution in [-0.4, -0.2) is 15.0 Å². The van der Waals surface area contributed by atoms with Crippen molar-refractivity contribution in [3.63, 3.8) is 0 Å². The SMILES string of the molecule is Nc1c(Nc2ccncc2)ncnc1Nc1ccc(F)cc1F. The van der Waals surface area contributed by atoms with E-state index in [-0.39, 0.29) is 17.2 Å². The summed E-state index contributed by atoms with van der Waals surface area (Å²) in [7, 11) is 0. The van der Waals surface area contributed by atoms with Gasteiger partial charge >= 0.3 is 0 Å². The number of anilines is 5. The molecule has 4 N–H and O–H groups in total. The average molecular weight is 314 g/mol. The molecule has 0 saturated carbocycles. The third kappa shape index (κ3) is 3.31. The summed E-state index contributed by atoms with van der Waals surface area (Å²) in [5.41, 5.74) is 7.00. The minimum Gasteiger partial charge on any atom is -0.393 e. The van der Waals surface area contributed by atoms with E-state index in [1.165, 1.54) is 12.4 Å². The molecule has 2 aromatic heterocycles. The van der Waals surface area contributed by atoms with E-state index in [1.54, 1.807) is 24.5 Å². The zero-order chi connectivity index (χ0) is 16.2. The third-order valence-electron chi connectivity index (χ3n) is 3.01. The molecule has 3 aromatic rings. The first-order valence-corrected chi connectivity index (χ1v) is 6.63. The Morgan fingerprint density at radius 2 is 1.61 bits per heavy atom. The molecule has 3 rings (SSSR count). The average Bonchev–Trinajstić information content (AvgIpc) is 2.54. The number of benzene rings is 1. The van der Waals surface area contributed by atoms with Crippen LogP contribution < -0.4 is 16.4 Å². The van der Waals surface area contributed by atoms with Crippen molar-refractivity contribution in [1.82, 2.24) is 15.0 Å². The first kappa shape index (κ1) is 14.6. The highest BCUT2D eigenvalue weighted by Crippen LogP contribution is 2.28. The molecule has 116 valence electrons. The lowest BCUT2D eigenvalue weighted by atomic mass is 10.3. The second-order valence-electron chi connectivity index (χ2n) is 4.59. The maximum atomic E-state index is 13.7. The van der Waals surface area contributed by atoms with Gasteiger partial charge in [0.1, 0.15) is 23.6 Å². The van der Waals surface area contributed by atoms with Crippen LogP contribution in [0.25, 0.3) is 0 Å². The number of pyridine rings is 1. The molecule has 0 fully saturated rings. The van der Waals surface area contributed by atoms with Crippen molar-refractivity contribution in [1.29, 1.82) is 0 Å². The molecule has 0 saturated heterocycles. The highest BCUT2D eigenvalue weighted by Gasteiger charge is 2.11. The van der Waals surface area contributed by atoms with Gasteiger partial charge in [-0.1, -0.05) is 0 Å². The molecule has 0 bridgehead atoms. The van der Waals surface area contributed by atoms with Gasteiger partial charge in [-0.15, -0.1) is 0 Å². The monoisotopic (exact) mass is 314 g/mol. The van der Waals surface area contributed by atoms with Gasteiger partial charge in [0.25, 0.3) is 0 Å². The summed E-state index contributed by atoms with van der Waals surface area (Å²) in [4.78, 5) is 11.9. The first-order chi connectivity index (χ1) is 11.1. The fourth-order valence-electron chi connectivity index (χ4n) is 1.89. The van der Waals surface area contributed by atoms with E-state index in [0.717, 1.165) is 17.8 Å². The second-order valence-corrected chi connectivity index (χ2v) is 4.59. The lowest BCUT2D eigenvalue weighted by Gasteiger charge is -2.12. The quantitative estimate of drug-likeness (QED) is 0.685. The van der Waals surface area contributed by atoms with Crippen molar-refractivity contribution in [2.24, 2.45) is 0 Å². The molecule has 23 heavy (non-hydrogen) atoms. The molecule has 6 nitrogen and oxygen atoms in total. The number of halogens is 2. The van der Waals surface area contributed by atoms with Crippen LogP contribution in [0.2, 0.25) is 0 Å². The van der Waals surface area contributed by atoms with E-state index in [1.807, 2.05) is 0 Å². The third-order valence-corrected chi connectivity index (χ3v) is 3.01. The van der Waals surface area contributed by atoms with Crippen molar-refractivity contribution < 1.29 is 8.78 Å². The Morgan fingerprint density at radius 1 is 0.913 bits per heavy atom. The predicted octanol–water partition coefficient (Wildman–Crippen LogP) is 3.22. The van der Waals surface area contributed by atoms with Gasteiger partial charge in [-0.3, -0.25) is 4.98 Å².